The smallest absolute Gasteiger partial charge is 0.305 e. The number of aliphatic carboxylic acids is 1. The normalized spacial score (nSPS) is 10.5. The molecule has 0 atom stereocenters. The molecule has 0 radical (unpaired) electrons. The molecule has 0 unspecified atom stereocenters. The van der Waals surface area contributed by atoms with E-state index in [-0.39, 0.29) is 18.8 Å². The van der Waals surface area contributed by atoms with E-state index >= 15 is 0 Å². The van der Waals surface area contributed by atoms with Crippen LogP contribution in [0.2, 0.25) is 0 Å². The first kappa shape index (κ1) is 12.2. The topological polar surface area (TPSA) is 80.9 Å². The SMILES string of the molecule is O=C(O)CCn1nnnc1Cc1ccc(F)cc1. The standard InChI is InChI=1S/C11H11FN4O2/c12-9-3-1-8(2-4-9)7-10-13-14-15-16(10)6-5-11(17)18/h1-4H,5-7H2,(H,17,18). The van der Waals surface area contributed by atoms with Crippen LogP contribution in [-0.4, -0.2) is 31.3 Å². The van der Waals surface area contributed by atoms with E-state index in [0.717, 1.165) is 5.56 Å². The molecule has 2 aromatic rings. The van der Waals surface area contributed by atoms with E-state index in [1.165, 1.54) is 16.8 Å². The summed E-state index contributed by atoms with van der Waals surface area (Å²) in [5, 5.41) is 19.7. The number of benzene rings is 1. The third-order valence-corrected chi connectivity index (χ3v) is 2.42. The molecule has 0 spiro atoms. The number of rotatable bonds is 5. The summed E-state index contributed by atoms with van der Waals surface area (Å²) in [5.74, 6) is -0.648. The highest BCUT2D eigenvalue weighted by Gasteiger charge is 2.08. The lowest BCUT2D eigenvalue weighted by Gasteiger charge is -2.03. The van der Waals surface area contributed by atoms with E-state index in [0.29, 0.717) is 12.2 Å². The molecule has 0 aliphatic heterocycles. The Morgan fingerprint density at radius 3 is 2.72 bits per heavy atom. The number of tetrazole rings is 1. The number of aryl methyl sites for hydroxylation is 1. The first-order chi connectivity index (χ1) is 8.65. The summed E-state index contributed by atoms with van der Waals surface area (Å²) in [6.07, 6.45) is 0.397. The quantitative estimate of drug-likeness (QED) is 0.851. The second kappa shape index (κ2) is 5.35. The Kier molecular flexibility index (Phi) is 3.61. The molecule has 1 N–H and O–H groups in total. The van der Waals surface area contributed by atoms with Crippen LogP contribution in [0.15, 0.2) is 24.3 Å². The molecule has 2 rings (SSSR count). The molecule has 94 valence electrons. The monoisotopic (exact) mass is 250 g/mol. The zero-order valence-electron chi connectivity index (χ0n) is 9.45. The average Bonchev–Trinajstić information content (AvgIpc) is 2.77. The van der Waals surface area contributed by atoms with Crippen molar-refractivity contribution in [3.63, 3.8) is 0 Å². The highest BCUT2D eigenvalue weighted by atomic mass is 19.1. The molecule has 1 aromatic heterocycles. The molecule has 0 fully saturated rings. The number of aromatic nitrogens is 4. The summed E-state index contributed by atoms with van der Waals surface area (Å²) in [7, 11) is 0. The van der Waals surface area contributed by atoms with Gasteiger partial charge >= 0.3 is 5.97 Å². The van der Waals surface area contributed by atoms with Crippen molar-refractivity contribution in [3.05, 3.63) is 41.5 Å². The Morgan fingerprint density at radius 2 is 2.06 bits per heavy atom. The first-order valence-electron chi connectivity index (χ1n) is 5.36. The number of carbonyl (C=O) groups is 1. The third-order valence-electron chi connectivity index (χ3n) is 2.42. The van der Waals surface area contributed by atoms with E-state index in [2.05, 4.69) is 15.5 Å². The van der Waals surface area contributed by atoms with Gasteiger partial charge in [0.15, 0.2) is 5.82 Å². The Labute approximate surface area is 102 Å². The summed E-state index contributed by atoms with van der Waals surface area (Å²) in [6.45, 7) is 0.221. The highest BCUT2D eigenvalue weighted by molar-refractivity contribution is 5.66. The summed E-state index contributed by atoms with van der Waals surface area (Å²) >= 11 is 0. The molecule has 1 aromatic carbocycles. The van der Waals surface area contributed by atoms with Crippen LogP contribution in [-0.2, 0) is 17.8 Å². The van der Waals surface area contributed by atoms with Crippen molar-refractivity contribution < 1.29 is 14.3 Å². The van der Waals surface area contributed by atoms with Crippen LogP contribution in [0, 0.1) is 5.82 Å². The molecule has 0 bridgehead atoms. The van der Waals surface area contributed by atoms with Gasteiger partial charge in [0.1, 0.15) is 5.82 Å². The second-order valence-corrected chi connectivity index (χ2v) is 3.77. The van der Waals surface area contributed by atoms with Gasteiger partial charge in [-0.05, 0) is 28.1 Å². The van der Waals surface area contributed by atoms with Gasteiger partial charge in [0, 0.05) is 6.42 Å². The van der Waals surface area contributed by atoms with Gasteiger partial charge in [-0.3, -0.25) is 4.79 Å². The second-order valence-electron chi connectivity index (χ2n) is 3.77. The molecular weight excluding hydrogens is 239 g/mol. The van der Waals surface area contributed by atoms with Crippen molar-refractivity contribution in [2.75, 3.05) is 0 Å². The van der Waals surface area contributed by atoms with E-state index in [1.807, 2.05) is 0 Å². The van der Waals surface area contributed by atoms with E-state index in [1.54, 1.807) is 12.1 Å². The van der Waals surface area contributed by atoms with Crippen molar-refractivity contribution in [3.8, 4) is 0 Å². The summed E-state index contributed by atoms with van der Waals surface area (Å²) < 4.78 is 14.2. The fourth-order valence-electron chi connectivity index (χ4n) is 1.51. The molecule has 0 saturated carbocycles. The number of hydrogen-bond donors (Lipinski definition) is 1. The largest absolute Gasteiger partial charge is 0.481 e. The van der Waals surface area contributed by atoms with E-state index in [4.69, 9.17) is 5.11 Å². The molecule has 6 nitrogen and oxygen atoms in total. The predicted octanol–water partition coefficient (Wildman–Crippen LogP) is 0.878. The van der Waals surface area contributed by atoms with Crippen LogP contribution >= 0.6 is 0 Å². The van der Waals surface area contributed by atoms with Crippen LogP contribution in [0.25, 0.3) is 0 Å². The lowest BCUT2D eigenvalue weighted by molar-refractivity contribution is -0.137. The van der Waals surface area contributed by atoms with Gasteiger partial charge in [0.05, 0.1) is 13.0 Å². The van der Waals surface area contributed by atoms with Crippen molar-refractivity contribution in [1.82, 2.24) is 20.2 Å². The van der Waals surface area contributed by atoms with Gasteiger partial charge in [-0.15, -0.1) is 5.10 Å². The summed E-state index contributed by atoms with van der Waals surface area (Å²) in [4.78, 5) is 10.5. The third kappa shape index (κ3) is 3.09. The van der Waals surface area contributed by atoms with Crippen molar-refractivity contribution in [2.45, 2.75) is 19.4 Å². The maximum Gasteiger partial charge on any atom is 0.305 e. The summed E-state index contributed by atoms with van der Waals surface area (Å²) in [5.41, 5.74) is 0.864. The highest BCUT2D eigenvalue weighted by Crippen LogP contribution is 2.08. The zero-order chi connectivity index (χ0) is 13.0. The molecular formula is C11H11FN4O2. The van der Waals surface area contributed by atoms with E-state index < -0.39 is 5.97 Å². The number of carboxylic acids is 1. The van der Waals surface area contributed by atoms with Crippen molar-refractivity contribution >= 4 is 5.97 Å². The molecule has 1 heterocycles. The molecule has 18 heavy (non-hydrogen) atoms. The van der Waals surface area contributed by atoms with Gasteiger partial charge in [0.25, 0.3) is 0 Å². The molecule has 0 aliphatic carbocycles. The Balaban J connectivity index is 2.07. The molecule has 0 aliphatic rings. The number of nitrogens with zero attached hydrogens (tertiary/aromatic N) is 4. The minimum absolute atomic E-state index is 0.0402. The minimum Gasteiger partial charge on any atom is -0.481 e. The maximum absolute atomic E-state index is 12.7. The van der Waals surface area contributed by atoms with Gasteiger partial charge in [-0.1, -0.05) is 12.1 Å². The first-order valence-corrected chi connectivity index (χ1v) is 5.36. The lowest BCUT2D eigenvalue weighted by atomic mass is 10.1. The number of carboxylic acid groups (broad SMARTS) is 1. The van der Waals surface area contributed by atoms with Crippen molar-refractivity contribution in [2.24, 2.45) is 0 Å². The van der Waals surface area contributed by atoms with Gasteiger partial charge in [-0.25, -0.2) is 9.07 Å². The van der Waals surface area contributed by atoms with Crippen molar-refractivity contribution in [1.29, 1.82) is 0 Å². The predicted molar refractivity (Wildman–Crippen MR) is 59.3 cm³/mol. The van der Waals surface area contributed by atoms with Gasteiger partial charge < -0.3 is 5.11 Å². The number of halogens is 1. The Hall–Kier alpha value is -2.31. The van der Waals surface area contributed by atoms with Crippen LogP contribution in [0.4, 0.5) is 4.39 Å². The van der Waals surface area contributed by atoms with Gasteiger partial charge in [-0.2, -0.15) is 0 Å². The molecule has 7 heteroatoms. The lowest BCUT2D eigenvalue weighted by Crippen LogP contribution is -2.10. The van der Waals surface area contributed by atoms with Crippen LogP contribution < -0.4 is 0 Å². The Morgan fingerprint density at radius 1 is 1.33 bits per heavy atom. The number of hydrogen-bond acceptors (Lipinski definition) is 4. The maximum atomic E-state index is 12.7. The van der Waals surface area contributed by atoms with Crippen LogP contribution in [0.5, 0.6) is 0 Å². The molecule has 0 amide bonds. The summed E-state index contributed by atoms with van der Waals surface area (Å²) in [6, 6.07) is 6.01. The van der Waals surface area contributed by atoms with Crippen LogP contribution in [0.1, 0.15) is 17.8 Å². The zero-order valence-corrected chi connectivity index (χ0v) is 9.45. The minimum atomic E-state index is -0.904. The fraction of sp³-hybridized carbons (Fsp3) is 0.273. The Bertz CT molecular complexity index is 538. The van der Waals surface area contributed by atoms with Crippen LogP contribution in [0.3, 0.4) is 0 Å². The van der Waals surface area contributed by atoms with E-state index in [9.17, 15) is 9.18 Å². The van der Waals surface area contributed by atoms with Gasteiger partial charge in [0.2, 0.25) is 0 Å². The molecule has 0 saturated heterocycles. The fourth-order valence-corrected chi connectivity index (χ4v) is 1.51. The average molecular weight is 250 g/mol.